The number of fused-ring (bicyclic) bond motifs is 1. The van der Waals surface area contributed by atoms with Crippen molar-refractivity contribution >= 4 is 27.3 Å². The number of hydrogen-bond donors (Lipinski definition) is 0. The Morgan fingerprint density at radius 3 is 2.43 bits per heavy atom. The molecule has 1 atom stereocenters. The number of nitrogens with zero attached hydrogens (tertiary/aromatic N) is 2. The number of benzene rings is 3. The number of amides is 1. The van der Waals surface area contributed by atoms with E-state index in [0.29, 0.717) is 17.8 Å². The molecule has 1 unspecified atom stereocenters. The van der Waals surface area contributed by atoms with E-state index in [1.54, 1.807) is 54.3 Å². The molecule has 0 spiro atoms. The van der Waals surface area contributed by atoms with Gasteiger partial charge in [0.25, 0.3) is 15.9 Å². The summed E-state index contributed by atoms with van der Waals surface area (Å²) in [5.74, 6) is -0.188. The summed E-state index contributed by atoms with van der Waals surface area (Å²) in [5, 5.41) is 0. The summed E-state index contributed by atoms with van der Waals surface area (Å²) in [6.07, 6.45) is 0.789. The topological polar surface area (TPSA) is 57.7 Å². The fourth-order valence-corrected chi connectivity index (χ4v) is 5.54. The standard InChI is InChI=1S/C24H24N2O3S/c1-3-25(21-12-5-4-6-13-21)30(28,29)22-14-9-11-20(17-22)24(27)26-18(2)16-19-10-7-8-15-23(19)26/h4-15,17-18H,3,16H2,1-2H3. The van der Waals surface area contributed by atoms with Gasteiger partial charge in [0.2, 0.25) is 0 Å². The predicted octanol–water partition coefficient (Wildman–Crippen LogP) is 4.49. The molecule has 0 bridgehead atoms. The van der Waals surface area contributed by atoms with Crippen molar-refractivity contribution in [2.45, 2.75) is 31.2 Å². The first kappa shape index (κ1) is 20.2. The van der Waals surface area contributed by atoms with Crippen molar-refractivity contribution in [3.05, 3.63) is 90.0 Å². The Morgan fingerprint density at radius 1 is 1.00 bits per heavy atom. The van der Waals surface area contributed by atoms with Gasteiger partial charge in [-0.3, -0.25) is 9.10 Å². The highest BCUT2D eigenvalue weighted by molar-refractivity contribution is 7.92. The van der Waals surface area contributed by atoms with Crippen LogP contribution in [0, 0.1) is 0 Å². The zero-order valence-corrected chi connectivity index (χ0v) is 17.8. The van der Waals surface area contributed by atoms with Crippen LogP contribution in [0.3, 0.4) is 0 Å². The van der Waals surface area contributed by atoms with Gasteiger partial charge < -0.3 is 4.90 Å². The van der Waals surface area contributed by atoms with E-state index >= 15 is 0 Å². The second kappa shape index (κ2) is 7.95. The Bertz CT molecular complexity index is 1180. The third-order valence-corrected chi connectivity index (χ3v) is 7.33. The van der Waals surface area contributed by atoms with Gasteiger partial charge in [-0.15, -0.1) is 0 Å². The van der Waals surface area contributed by atoms with Crippen LogP contribution in [-0.4, -0.2) is 26.9 Å². The lowest BCUT2D eigenvalue weighted by atomic mass is 10.1. The quantitative estimate of drug-likeness (QED) is 0.611. The molecule has 3 aromatic carbocycles. The molecular formula is C24H24N2O3S. The Labute approximate surface area is 177 Å². The summed E-state index contributed by atoms with van der Waals surface area (Å²) in [6.45, 7) is 4.09. The molecule has 0 N–H and O–H groups in total. The highest BCUT2D eigenvalue weighted by atomic mass is 32.2. The third kappa shape index (κ3) is 3.48. The average Bonchev–Trinajstić information content (AvgIpc) is 3.10. The highest BCUT2D eigenvalue weighted by Gasteiger charge is 2.32. The molecule has 4 rings (SSSR count). The summed E-state index contributed by atoms with van der Waals surface area (Å²) in [4.78, 5) is 15.2. The minimum absolute atomic E-state index is 0.0200. The molecule has 1 aliphatic heterocycles. The lowest BCUT2D eigenvalue weighted by Crippen LogP contribution is -2.36. The second-order valence-electron chi connectivity index (χ2n) is 7.39. The summed E-state index contributed by atoms with van der Waals surface area (Å²) in [6, 6.07) is 23.2. The van der Waals surface area contributed by atoms with E-state index in [0.717, 1.165) is 17.7 Å². The number of anilines is 2. The maximum absolute atomic E-state index is 13.3. The first-order chi connectivity index (χ1) is 14.4. The summed E-state index contributed by atoms with van der Waals surface area (Å²) in [7, 11) is -3.80. The number of carbonyl (C=O) groups excluding carboxylic acids is 1. The van der Waals surface area contributed by atoms with E-state index in [1.807, 2.05) is 37.3 Å². The molecule has 0 radical (unpaired) electrons. The van der Waals surface area contributed by atoms with Crippen molar-refractivity contribution in [2.24, 2.45) is 0 Å². The van der Waals surface area contributed by atoms with Gasteiger partial charge >= 0.3 is 0 Å². The summed E-state index contributed by atoms with van der Waals surface area (Å²) < 4.78 is 28.0. The van der Waals surface area contributed by atoms with E-state index in [1.165, 1.54) is 10.4 Å². The van der Waals surface area contributed by atoms with Crippen LogP contribution in [-0.2, 0) is 16.4 Å². The first-order valence-corrected chi connectivity index (χ1v) is 11.5. The summed E-state index contributed by atoms with van der Waals surface area (Å²) >= 11 is 0. The van der Waals surface area contributed by atoms with Crippen LogP contribution in [0.2, 0.25) is 0 Å². The van der Waals surface area contributed by atoms with E-state index in [-0.39, 0.29) is 16.8 Å². The Balaban J connectivity index is 1.70. The molecule has 3 aromatic rings. The monoisotopic (exact) mass is 420 g/mol. The molecule has 1 aliphatic rings. The van der Waals surface area contributed by atoms with Crippen LogP contribution in [0.25, 0.3) is 0 Å². The van der Waals surface area contributed by atoms with Crippen molar-refractivity contribution in [1.82, 2.24) is 0 Å². The molecule has 30 heavy (non-hydrogen) atoms. The van der Waals surface area contributed by atoms with Crippen molar-refractivity contribution in [3.8, 4) is 0 Å². The fourth-order valence-electron chi connectivity index (χ4n) is 4.02. The van der Waals surface area contributed by atoms with Gasteiger partial charge in [0.15, 0.2) is 0 Å². The van der Waals surface area contributed by atoms with Gasteiger partial charge in [0.05, 0.1) is 10.6 Å². The number of sulfonamides is 1. The van der Waals surface area contributed by atoms with Crippen LogP contribution in [0.4, 0.5) is 11.4 Å². The number of para-hydroxylation sites is 2. The Morgan fingerprint density at radius 2 is 1.70 bits per heavy atom. The fraction of sp³-hybridized carbons (Fsp3) is 0.208. The molecular weight excluding hydrogens is 396 g/mol. The molecule has 154 valence electrons. The van der Waals surface area contributed by atoms with Crippen LogP contribution >= 0.6 is 0 Å². The van der Waals surface area contributed by atoms with Crippen molar-refractivity contribution in [1.29, 1.82) is 0 Å². The zero-order valence-electron chi connectivity index (χ0n) is 17.0. The normalized spacial score (nSPS) is 15.7. The van der Waals surface area contributed by atoms with Crippen molar-refractivity contribution in [2.75, 3.05) is 15.7 Å². The van der Waals surface area contributed by atoms with Crippen molar-refractivity contribution in [3.63, 3.8) is 0 Å². The highest BCUT2D eigenvalue weighted by Crippen LogP contribution is 2.33. The van der Waals surface area contributed by atoms with Gasteiger partial charge in [-0.05, 0) is 62.2 Å². The van der Waals surface area contributed by atoms with Crippen LogP contribution in [0.1, 0.15) is 29.8 Å². The maximum atomic E-state index is 13.3. The lowest BCUT2D eigenvalue weighted by molar-refractivity contribution is 0.0981. The molecule has 0 fully saturated rings. The predicted molar refractivity (Wildman–Crippen MR) is 120 cm³/mol. The van der Waals surface area contributed by atoms with E-state index in [2.05, 4.69) is 0 Å². The van der Waals surface area contributed by atoms with Crippen LogP contribution < -0.4 is 9.21 Å². The molecule has 1 heterocycles. The van der Waals surface area contributed by atoms with E-state index < -0.39 is 10.0 Å². The largest absolute Gasteiger partial charge is 0.305 e. The van der Waals surface area contributed by atoms with Crippen molar-refractivity contribution < 1.29 is 13.2 Å². The minimum atomic E-state index is -3.80. The van der Waals surface area contributed by atoms with Crippen LogP contribution in [0.15, 0.2) is 83.8 Å². The number of rotatable bonds is 5. The molecule has 6 heteroatoms. The van der Waals surface area contributed by atoms with Gasteiger partial charge in [-0.1, -0.05) is 42.5 Å². The van der Waals surface area contributed by atoms with E-state index in [4.69, 9.17) is 0 Å². The zero-order chi connectivity index (χ0) is 21.3. The van der Waals surface area contributed by atoms with Gasteiger partial charge in [0.1, 0.15) is 0 Å². The molecule has 5 nitrogen and oxygen atoms in total. The first-order valence-electron chi connectivity index (χ1n) is 10.0. The van der Waals surface area contributed by atoms with Gasteiger partial charge in [-0.2, -0.15) is 0 Å². The summed E-state index contributed by atoms with van der Waals surface area (Å²) in [5.41, 5.74) is 2.98. The lowest BCUT2D eigenvalue weighted by Gasteiger charge is -2.25. The Kier molecular flexibility index (Phi) is 5.35. The third-order valence-electron chi connectivity index (χ3n) is 5.43. The molecule has 0 saturated heterocycles. The van der Waals surface area contributed by atoms with Gasteiger partial charge in [-0.25, -0.2) is 8.42 Å². The second-order valence-corrected chi connectivity index (χ2v) is 9.25. The van der Waals surface area contributed by atoms with Gasteiger partial charge in [0, 0.05) is 23.8 Å². The Hall–Kier alpha value is -3.12. The number of carbonyl (C=O) groups is 1. The molecule has 0 saturated carbocycles. The molecule has 1 amide bonds. The number of hydrogen-bond acceptors (Lipinski definition) is 3. The van der Waals surface area contributed by atoms with E-state index in [9.17, 15) is 13.2 Å². The minimum Gasteiger partial charge on any atom is -0.305 e. The average molecular weight is 421 g/mol. The SMILES string of the molecule is CCN(c1ccccc1)S(=O)(=O)c1cccc(C(=O)N2c3ccccc3CC2C)c1. The smallest absolute Gasteiger partial charge is 0.264 e. The maximum Gasteiger partial charge on any atom is 0.264 e. The van der Waals surface area contributed by atoms with Crippen LogP contribution in [0.5, 0.6) is 0 Å². The molecule has 0 aliphatic carbocycles. The molecule has 0 aromatic heterocycles.